The molecule has 0 aromatic rings. The number of carbonyl (C=O) groups excluding carboxylic acids is 1. The smallest absolute Gasteiger partial charge is 0.222 e. The summed E-state index contributed by atoms with van der Waals surface area (Å²) in [5.41, 5.74) is 5.62. The van der Waals surface area contributed by atoms with Crippen molar-refractivity contribution in [2.24, 2.45) is 5.73 Å². The zero-order valence-corrected chi connectivity index (χ0v) is 10.6. The molecule has 0 radical (unpaired) electrons. The fourth-order valence-corrected chi connectivity index (χ4v) is 2.40. The van der Waals surface area contributed by atoms with Gasteiger partial charge in [-0.1, -0.05) is 13.8 Å². The van der Waals surface area contributed by atoms with Crippen LogP contribution in [0.2, 0.25) is 0 Å². The molecule has 94 valence electrons. The molecule has 2 N–H and O–H groups in total. The third-order valence-electron chi connectivity index (χ3n) is 3.46. The average molecular weight is 227 g/mol. The van der Waals surface area contributed by atoms with Crippen molar-refractivity contribution in [3.63, 3.8) is 0 Å². The van der Waals surface area contributed by atoms with Crippen LogP contribution in [0.15, 0.2) is 0 Å². The molecule has 1 aliphatic rings. The Hall–Kier alpha value is -0.610. The van der Waals surface area contributed by atoms with Crippen LogP contribution in [0.1, 0.15) is 33.1 Å². The summed E-state index contributed by atoms with van der Waals surface area (Å²) in [4.78, 5) is 16.0. The standard InChI is InChI=1S/C12H25N3O/c1-3-11(5-6-13)14-7-9-15(10-8-14)12(16)4-2/h11H,3-10,13H2,1-2H3. The zero-order chi connectivity index (χ0) is 12.0. The number of piperazine rings is 1. The highest BCUT2D eigenvalue weighted by molar-refractivity contribution is 5.75. The predicted octanol–water partition coefficient (Wildman–Crippen LogP) is 0.668. The fourth-order valence-electron chi connectivity index (χ4n) is 2.40. The first-order valence-electron chi connectivity index (χ1n) is 6.44. The van der Waals surface area contributed by atoms with E-state index in [-0.39, 0.29) is 5.91 Å². The summed E-state index contributed by atoms with van der Waals surface area (Å²) in [5.74, 6) is 0.284. The van der Waals surface area contributed by atoms with Gasteiger partial charge < -0.3 is 10.6 Å². The van der Waals surface area contributed by atoms with Gasteiger partial charge >= 0.3 is 0 Å². The minimum atomic E-state index is 0.284. The van der Waals surface area contributed by atoms with Crippen LogP contribution >= 0.6 is 0 Å². The van der Waals surface area contributed by atoms with E-state index in [4.69, 9.17) is 5.73 Å². The maximum atomic E-state index is 11.5. The molecular formula is C12H25N3O. The number of rotatable bonds is 5. The van der Waals surface area contributed by atoms with E-state index in [0.29, 0.717) is 12.5 Å². The van der Waals surface area contributed by atoms with Crippen LogP contribution in [0.5, 0.6) is 0 Å². The lowest BCUT2D eigenvalue weighted by Crippen LogP contribution is -2.52. The van der Waals surface area contributed by atoms with E-state index in [1.54, 1.807) is 0 Å². The van der Waals surface area contributed by atoms with Crippen molar-refractivity contribution in [2.45, 2.75) is 39.2 Å². The van der Waals surface area contributed by atoms with Crippen LogP contribution in [-0.2, 0) is 4.79 Å². The highest BCUT2D eigenvalue weighted by Crippen LogP contribution is 2.12. The van der Waals surface area contributed by atoms with Gasteiger partial charge in [0, 0.05) is 38.6 Å². The molecule has 0 aromatic heterocycles. The lowest BCUT2D eigenvalue weighted by atomic mass is 10.1. The number of nitrogens with zero attached hydrogens (tertiary/aromatic N) is 2. The molecule has 4 heteroatoms. The zero-order valence-electron chi connectivity index (χ0n) is 10.6. The van der Waals surface area contributed by atoms with Gasteiger partial charge in [0.2, 0.25) is 5.91 Å². The lowest BCUT2D eigenvalue weighted by molar-refractivity contribution is -0.132. The molecule has 1 saturated heterocycles. The average Bonchev–Trinajstić information content (AvgIpc) is 2.35. The topological polar surface area (TPSA) is 49.6 Å². The van der Waals surface area contributed by atoms with Gasteiger partial charge in [-0.05, 0) is 19.4 Å². The second-order valence-electron chi connectivity index (χ2n) is 4.41. The van der Waals surface area contributed by atoms with Crippen LogP contribution < -0.4 is 5.73 Å². The predicted molar refractivity (Wildman–Crippen MR) is 66.2 cm³/mol. The maximum absolute atomic E-state index is 11.5. The van der Waals surface area contributed by atoms with Gasteiger partial charge in [0.1, 0.15) is 0 Å². The second kappa shape index (κ2) is 6.86. The Bertz CT molecular complexity index is 212. The summed E-state index contributed by atoms with van der Waals surface area (Å²) in [5, 5.41) is 0. The van der Waals surface area contributed by atoms with Crippen molar-refractivity contribution in [1.82, 2.24) is 9.80 Å². The summed E-state index contributed by atoms with van der Waals surface area (Å²) in [6, 6.07) is 0.601. The molecule has 1 aliphatic heterocycles. The number of hydrogen-bond acceptors (Lipinski definition) is 3. The van der Waals surface area contributed by atoms with E-state index in [1.165, 1.54) is 0 Å². The molecule has 1 unspecified atom stereocenters. The van der Waals surface area contributed by atoms with Crippen LogP contribution in [0.25, 0.3) is 0 Å². The van der Waals surface area contributed by atoms with E-state index in [2.05, 4.69) is 11.8 Å². The Morgan fingerprint density at radius 2 is 1.88 bits per heavy atom. The Kier molecular flexibility index (Phi) is 5.77. The summed E-state index contributed by atoms with van der Waals surface area (Å²) in [6.07, 6.45) is 2.84. The van der Waals surface area contributed by atoms with Crippen LogP contribution in [0.4, 0.5) is 0 Å². The molecule has 1 heterocycles. The molecule has 0 bridgehead atoms. The van der Waals surface area contributed by atoms with E-state index < -0.39 is 0 Å². The van der Waals surface area contributed by atoms with Gasteiger partial charge in [0.15, 0.2) is 0 Å². The minimum absolute atomic E-state index is 0.284. The highest BCUT2D eigenvalue weighted by Gasteiger charge is 2.23. The molecule has 0 saturated carbocycles. The van der Waals surface area contributed by atoms with Crippen molar-refractivity contribution in [1.29, 1.82) is 0 Å². The molecule has 16 heavy (non-hydrogen) atoms. The molecule has 0 aliphatic carbocycles. The molecule has 1 atom stereocenters. The molecule has 0 aromatic carbocycles. The van der Waals surface area contributed by atoms with Crippen molar-refractivity contribution in [2.75, 3.05) is 32.7 Å². The Morgan fingerprint density at radius 3 is 2.31 bits per heavy atom. The quantitative estimate of drug-likeness (QED) is 0.751. The van der Waals surface area contributed by atoms with Gasteiger partial charge in [-0.25, -0.2) is 0 Å². The first-order chi connectivity index (χ1) is 7.72. The van der Waals surface area contributed by atoms with E-state index >= 15 is 0 Å². The van der Waals surface area contributed by atoms with Crippen molar-refractivity contribution >= 4 is 5.91 Å². The fraction of sp³-hybridized carbons (Fsp3) is 0.917. The molecular weight excluding hydrogens is 202 g/mol. The summed E-state index contributed by atoms with van der Waals surface area (Å²) >= 11 is 0. The Labute approximate surface area is 98.8 Å². The molecule has 0 spiro atoms. The van der Waals surface area contributed by atoms with E-state index in [0.717, 1.165) is 45.6 Å². The summed E-state index contributed by atoms with van der Waals surface area (Å²) < 4.78 is 0. The van der Waals surface area contributed by atoms with E-state index in [9.17, 15) is 4.79 Å². The maximum Gasteiger partial charge on any atom is 0.222 e. The van der Waals surface area contributed by atoms with E-state index in [1.807, 2.05) is 11.8 Å². The molecule has 1 rings (SSSR count). The van der Waals surface area contributed by atoms with Crippen molar-refractivity contribution in [3.05, 3.63) is 0 Å². The van der Waals surface area contributed by atoms with Crippen LogP contribution in [0, 0.1) is 0 Å². The second-order valence-corrected chi connectivity index (χ2v) is 4.41. The number of hydrogen-bond donors (Lipinski definition) is 1. The number of nitrogens with two attached hydrogens (primary N) is 1. The Balaban J connectivity index is 2.38. The van der Waals surface area contributed by atoms with Crippen molar-refractivity contribution < 1.29 is 4.79 Å². The van der Waals surface area contributed by atoms with Gasteiger partial charge in [-0.2, -0.15) is 0 Å². The lowest BCUT2D eigenvalue weighted by Gasteiger charge is -2.39. The SMILES string of the molecule is CCC(=O)N1CCN(C(CC)CCN)CC1. The third kappa shape index (κ3) is 3.46. The summed E-state index contributed by atoms with van der Waals surface area (Å²) in [6.45, 7) is 8.67. The van der Waals surface area contributed by atoms with Gasteiger partial charge in [0.05, 0.1) is 0 Å². The third-order valence-corrected chi connectivity index (χ3v) is 3.46. The van der Waals surface area contributed by atoms with Crippen molar-refractivity contribution in [3.8, 4) is 0 Å². The minimum Gasteiger partial charge on any atom is -0.340 e. The molecule has 4 nitrogen and oxygen atoms in total. The largest absolute Gasteiger partial charge is 0.340 e. The van der Waals surface area contributed by atoms with Crippen LogP contribution in [0.3, 0.4) is 0 Å². The van der Waals surface area contributed by atoms with Gasteiger partial charge in [-0.15, -0.1) is 0 Å². The molecule has 1 fully saturated rings. The van der Waals surface area contributed by atoms with Gasteiger partial charge in [-0.3, -0.25) is 9.69 Å². The first-order valence-corrected chi connectivity index (χ1v) is 6.44. The molecule has 1 amide bonds. The number of carbonyl (C=O) groups is 1. The number of amides is 1. The normalized spacial score (nSPS) is 19.8. The monoisotopic (exact) mass is 227 g/mol. The summed E-state index contributed by atoms with van der Waals surface area (Å²) in [7, 11) is 0. The Morgan fingerprint density at radius 1 is 1.25 bits per heavy atom. The first kappa shape index (κ1) is 13.5. The van der Waals surface area contributed by atoms with Crippen LogP contribution in [-0.4, -0.2) is 54.5 Å². The van der Waals surface area contributed by atoms with Gasteiger partial charge in [0.25, 0.3) is 0 Å². The highest BCUT2D eigenvalue weighted by atomic mass is 16.2.